The van der Waals surface area contributed by atoms with Crippen molar-refractivity contribution in [1.29, 1.82) is 0 Å². The SMILES string of the molecule is Cc1nc(-c2c(F)cccc2F)sc1C(=O)NCCN(C(C)C)C(C)C. The lowest BCUT2D eigenvalue weighted by molar-refractivity contribution is 0.0942. The number of rotatable bonds is 7. The molecule has 2 rings (SSSR count). The van der Waals surface area contributed by atoms with Gasteiger partial charge < -0.3 is 5.32 Å². The molecule has 7 heteroatoms. The Balaban J connectivity index is 2.10. The van der Waals surface area contributed by atoms with Crippen molar-refractivity contribution in [2.75, 3.05) is 13.1 Å². The maximum atomic E-state index is 13.9. The molecule has 1 aromatic carbocycles. The van der Waals surface area contributed by atoms with Crippen LogP contribution >= 0.6 is 11.3 Å². The summed E-state index contributed by atoms with van der Waals surface area (Å²) in [6, 6.07) is 4.43. The second-order valence-corrected chi connectivity index (χ2v) is 7.71. The zero-order valence-electron chi connectivity index (χ0n) is 15.8. The van der Waals surface area contributed by atoms with Gasteiger partial charge in [-0.1, -0.05) is 6.07 Å². The molecule has 142 valence electrons. The largest absolute Gasteiger partial charge is 0.350 e. The number of hydrogen-bond acceptors (Lipinski definition) is 4. The Hall–Kier alpha value is -1.86. The average Bonchev–Trinajstić information content (AvgIpc) is 2.92. The first-order chi connectivity index (χ1) is 12.2. The fraction of sp³-hybridized carbons (Fsp3) is 0.474. The molecule has 1 N–H and O–H groups in total. The van der Waals surface area contributed by atoms with E-state index in [0.29, 0.717) is 29.2 Å². The summed E-state index contributed by atoms with van der Waals surface area (Å²) in [7, 11) is 0. The number of hydrogen-bond donors (Lipinski definition) is 1. The summed E-state index contributed by atoms with van der Waals surface area (Å²) in [6.45, 7) is 11.4. The number of aryl methyl sites for hydroxylation is 1. The zero-order chi connectivity index (χ0) is 19.4. The van der Waals surface area contributed by atoms with Crippen LogP contribution in [0, 0.1) is 18.6 Å². The van der Waals surface area contributed by atoms with Gasteiger partial charge in [-0.3, -0.25) is 9.69 Å². The van der Waals surface area contributed by atoms with Gasteiger partial charge in [0.2, 0.25) is 0 Å². The topological polar surface area (TPSA) is 45.2 Å². The number of halogens is 2. The molecule has 0 aliphatic carbocycles. The molecule has 0 aliphatic heterocycles. The Bertz CT molecular complexity index is 746. The Labute approximate surface area is 157 Å². The third-order valence-electron chi connectivity index (χ3n) is 4.16. The van der Waals surface area contributed by atoms with Crippen LogP contribution in [0.15, 0.2) is 18.2 Å². The van der Waals surface area contributed by atoms with E-state index in [9.17, 15) is 13.6 Å². The minimum atomic E-state index is -0.685. The molecule has 0 saturated carbocycles. The molecule has 0 spiro atoms. The molecule has 0 fully saturated rings. The van der Waals surface area contributed by atoms with Crippen LogP contribution in [0.2, 0.25) is 0 Å². The molecule has 1 heterocycles. The number of aromatic nitrogens is 1. The maximum Gasteiger partial charge on any atom is 0.263 e. The molecule has 0 aliphatic rings. The third kappa shape index (κ3) is 4.65. The predicted molar refractivity (Wildman–Crippen MR) is 102 cm³/mol. The van der Waals surface area contributed by atoms with E-state index in [1.807, 2.05) is 0 Å². The van der Waals surface area contributed by atoms with E-state index in [-0.39, 0.29) is 16.5 Å². The molecule has 0 bridgehead atoms. The summed E-state index contributed by atoms with van der Waals surface area (Å²) in [6.07, 6.45) is 0. The quantitative estimate of drug-likeness (QED) is 0.780. The number of amides is 1. The van der Waals surface area contributed by atoms with E-state index in [0.717, 1.165) is 17.9 Å². The number of carbonyl (C=O) groups excluding carboxylic acids is 1. The van der Waals surface area contributed by atoms with Crippen molar-refractivity contribution in [1.82, 2.24) is 15.2 Å². The first kappa shape index (κ1) is 20.5. The molecule has 1 amide bonds. The smallest absolute Gasteiger partial charge is 0.263 e. The molecule has 0 saturated heterocycles. The highest BCUT2D eigenvalue weighted by Crippen LogP contribution is 2.31. The van der Waals surface area contributed by atoms with Gasteiger partial charge in [-0.15, -0.1) is 11.3 Å². The van der Waals surface area contributed by atoms with Crippen molar-refractivity contribution < 1.29 is 13.6 Å². The van der Waals surface area contributed by atoms with Gasteiger partial charge in [-0.2, -0.15) is 0 Å². The van der Waals surface area contributed by atoms with E-state index in [2.05, 4.69) is 42.9 Å². The third-order valence-corrected chi connectivity index (χ3v) is 5.34. The van der Waals surface area contributed by atoms with Gasteiger partial charge in [-0.25, -0.2) is 13.8 Å². The number of benzene rings is 1. The highest BCUT2D eigenvalue weighted by molar-refractivity contribution is 7.17. The second-order valence-electron chi connectivity index (χ2n) is 6.71. The van der Waals surface area contributed by atoms with Crippen LogP contribution in [-0.4, -0.2) is 41.0 Å². The Morgan fingerprint density at radius 1 is 1.19 bits per heavy atom. The lowest BCUT2D eigenvalue weighted by Crippen LogP contribution is -2.42. The lowest BCUT2D eigenvalue weighted by Gasteiger charge is -2.30. The monoisotopic (exact) mass is 381 g/mol. The summed E-state index contributed by atoms with van der Waals surface area (Å²) < 4.78 is 27.9. The van der Waals surface area contributed by atoms with E-state index < -0.39 is 11.6 Å². The van der Waals surface area contributed by atoms with Crippen molar-refractivity contribution in [2.24, 2.45) is 0 Å². The van der Waals surface area contributed by atoms with E-state index in [1.165, 1.54) is 18.2 Å². The fourth-order valence-electron chi connectivity index (χ4n) is 2.91. The van der Waals surface area contributed by atoms with Crippen molar-refractivity contribution in [3.05, 3.63) is 40.4 Å². The highest BCUT2D eigenvalue weighted by atomic mass is 32.1. The lowest BCUT2D eigenvalue weighted by atomic mass is 10.2. The van der Waals surface area contributed by atoms with Gasteiger partial charge in [-0.05, 0) is 46.8 Å². The molecule has 1 aromatic heterocycles. The zero-order valence-corrected chi connectivity index (χ0v) is 16.6. The predicted octanol–water partition coefficient (Wildman–Crippen LogP) is 4.25. The van der Waals surface area contributed by atoms with Crippen LogP contribution in [0.4, 0.5) is 8.78 Å². The summed E-state index contributed by atoms with van der Waals surface area (Å²) in [5, 5.41) is 3.05. The van der Waals surface area contributed by atoms with E-state index >= 15 is 0 Å². The first-order valence-corrected chi connectivity index (χ1v) is 9.49. The average molecular weight is 381 g/mol. The standard InChI is InChI=1S/C19H25F2N3OS/c1-11(2)24(12(3)4)10-9-22-18(25)17-13(5)23-19(26-17)16-14(20)7-6-8-15(16)21/h6-8,11-12H,9-10H2,1-5H3,(H,22,25). The van der Waals surface area contributed by atoms with E-state index in [1.54, 1.807) is 6.92 Å². The summed E-state index contributed by atoms with van der Waals surface area (Å²) in [4.78, 5) is 19.3. The minimum Gasteiger partial charge on any atom is -0.350 e. The second kappa shape index (κ2) is 8.68. The highest BCUT2D eigenvalue weighted by Gasteiger charge is 2.21. The Morgan fingerprint density at radius 2 is 1.77 bits per heavy atom. The van der Waals surface area contributed by atoms with Gasteiger partial charge >= 0.3 is 0 Å². The number of carbonyl (C=O) groups is 1. The summed E-state index contributed by atoms with van der Waals surface area (Å²) >= 11 is 1.00. The molecular weight excluding hydrogens is 356 g/mol. The minimum absolute atomic E-state index is 0.175. The van der Waals surface area contributed by atoms with Crippen molar-refractivity contribution in [2.45, 2.75) is 46.7 Å². The molecular formula is C19H25F2N3OS. The summed E-state index contributed by atoms with van der Waals surface area (Å²) in [5.41, 5.74) is 0.278. The Kier molecular flexibility index (Phi) is 6.83. The van der Waals surface area contributed by atoms with Crippen molar-refractivity contribution in [3.8, 4) is 10.6 Å². The maximum absolute atomic E-state index is 13.9. The molecule has 2 aromatic rings. The van der Waals surface area contributed by atoms with Crippen LogP contribution in [-0.2, 0) is 0 Å². The first-order valence-electron chi connectivity index (χ1n) is 8.68. The van der Waals surface area contributed by atoms with Crippen LogP contribution in [0.1, 0.15) is 43.1 Å². The molecule has 0 atom stereocenters. The van der Waals surface area contributed by atoms with E-state index in [4.69, 9.17) is 0 Å². The fourth-order valence-corrected chi connectivity index (χ4v) is 3.94. The number of thiazole rings is 1. The molecule has 0 unspecified atom stereocenters. The van der Waals surface area contributed by atoms with Gasteiger partial charge in [0, 0.05) is 25.2 Å². The van der Waals surface area contributed by atoms with Crippen LogP contribution in [0.5, 0.6) is 0 Å². The molecule has 4 nitrogen and oxygen atoms in total. The Morgan fingerprint density at radius 3 is 2.31 bits per heavy atom. The van der Waals surface area contributed by atoms with Crippen LogP contribution in [0.25, 0.3) is 10.6 Å². The number of nitrogens with one attached hydrogen (secondary N) is 1. The van der Waals surface area contributed by atoms with Gasteiger partial charge in [0.15, 0.2) is 0 Å². The van der Waals surface area contributed by atoms with Crippen molar-refractivity contribution in [3.63, 3.8) is 0 Å². The van der Waals surface area contributed by atoms with Gasteiger partial charge in [0.1, 0.15) is 21.5 Å². The van der Waals surface area contributed by atoms with Gasteiger partial charge in [0.25, 0.3) is 5.91 Å². The van der Waals surface area contributed by atoms with Crippen LogP contribution < -0.4 is 5.32 Å². The normalized spacial score (nSPS) is 11.6. The molecule has 26 heavy (non-hydrogen) atoms. The summed E-state index contributed by atoms with van der Waals surface area (Å²) in [5.74, 6) is -1.64. The van der Waals surface area contributed by atoms with Crippen molar-refractivity contribution >= 4 is 17.2 Å². The number of nitrogens with zero attached hydrogens (tertiary/aromatic N) is 2. The molecule has 0 radical (unpaired) electrons. The van der Waals surface area contributed by atoms with Crippen LogP contribution in [0.3, 0.4) is 0 Å². The van der Waals surface area contributed by atoms with Gasteiger partial charge in [0.05, 0.1) is 11.3 Å².